The average Bonchev–Trinajstić information content (AvgIpc) is 3.32. The number of amides is 1. The van der Waals surface area contributed by atoms with Gasteiger partial charge in [0.15, 0.2) is 5.66 Å². The molecule has 0 bridgehead atoms. The molecular formula is C16H19N5O. The molecule has 0 atom stereocenters. The molecule has 0 aromatic carbocycles. The molecule has 0 saturated heterocycles. The molecule has 0 unspecified atom stereocenters. The Hall–Kier alpha value is -2.42. The molecule has 2 aliphatic rings. The molecule has 3 heterocycles. The van der Waals surface area contributed by atoms with Crippen LogP contribution < -0.4 is 9.80 Å². The third kappa shape index (κ3) is 2.80. The maximum Gasteiger partial charge on any atom is 0.227 e. The van der Waals surface area contributed by atoms with Crippen molar-refractivity contribution in [3.05, 3.63) is 18.5 Å². The van der Waals surface area contributed by atoms with Gasteiger partial charge in [-0.15, -0.1) is 12.3 Å². The summed E-state index contributed by atoms with van der Waals surface area (Å²) in [6.45, 7) is 1.50. The lowest BCUT2D eigenvalue weighted by Crippen LogP contribution is -2.43. The zero-order chi connectivity index (χ0) is 15.6. The molecule has 0 N–H and O–H groups in total. The van der Waals surface area contributed by atoms with E-state index in [1.54, 1.807) is 12.4 Å². The predicted octanol–water partition coefficient (Wildman–Crippen LogP) is 2.22. The van der Waals surface area contributed by atoms with Gasteiger partial charge in [-0.2, -0.15) is 10.2 Å². The van der Waals surface area contributed by atoms with E-state index in [-0.39, 0.29) is 5.91 Å². The van der Waals surface area contributed by atoms with Crippen molar-refractivity contribution in [2.24, 2.45) is 10.2 Å². The highest BCUT2D eigenvalue weighted by atomic mass is 16.2. The lowest BCUT2D eigenvalue weighted by Gasteiger charge is -2.35. The fraction of sp³-hybridized carbons (Fsp3) is 0.500. The van der Waals surface area contributed by atoms with Gasteiger partial charge in [0.1, 0.15) is 0 Å². The first-order chi connectivity index (χ1) is 10.7. The van der Waals surface area contributed by atoms with E-state index in [4.69, 9.17) is 6.42 Å². The van der Waals surface area contributed by atoms with Crippen molar-refractivity contribution in [3.63, 3.8) is 0 Å². The molecule has 0 spiro atoms. The smallest absolute Gasteiger partial charge is 0.227 e. The molecule has 6 nitrogen and oxygen atoms in total. The average molecular weight is 297 g/mol. The van der Waals surface area contributed by atoms with Crippen molar-refractivity contribution in [2.45, 2.75) is 31.3 Å². The minimum atomic E-state index is -0.396. The zero-order valence-corrected chi connectivity index (χ0v) is 12.7. The van der Waals surface area contributed by atoms with Crippen molar-refractivity contribution in [1.29, 1.82) is 0 Å². The van der Waals surface area contributed by atoms with Gasteiger partial charge in [0, 0.05) is 52.0 Å². The Kier molecular flexibility index (Phi) is 3.80. The first-order valence-corrected chi connectivity index (χ1v) is 7.48. The molecule has 1 aromatic rings. The Morgan fingerprint density at radius 1 is 1.36 bits per heavy atom. The number of fused-ring (bicyclic) bond motifs is 1. The first kappa shape index (κ1) is 14.5. The highest BCUT2D eigenvalue weighted by Gasteiger charge is 2.40. The summed E-state index contributed by atoms with van der Waals surface area (Å²) < 4.78 is 0. The second kappa shape index (κ2) is 5.76. The van der Waals surface area contributed by atoms with Gasteiger partial charge in [-0.1, -0.05) is 0 Å². The van der Waals surface area contributed by atoms with Crippen LogP contribution in [0.4, 0.5) is 11.4 Å². The van der Waals surface area contributed by atoms with E-state index >= 15 is 0 Å². The summed E-state index contributed by atoms with van der Waals surface area (Å²) in [5, 5.41) is 8.17. The SMILES string of the molecule is C#CCCC1(CCC(=O)N2CCN(C)c3ccncc32)N=N1. The number of hydrogen-bond donors (Lipinski definition) is 0. The highest BCUT2D eigenvalue weighted by Crippen LogP contribution is 2.38. The Labute approximate surface area is 130 Å². The molecule has 6 heteroatoms. The van der Waals surface area contributed by atoms with Gasteiger partial charge in [0.25, 0.3) is 0 Å². The number of terminal acetylenes is 1. The van der Waals surface area contributed by atoms with Crippen LogP contribution in [0.5, 0.6) is 0 Å². The second-order valence-corrected chi connectivity index (χ2v) is 5.72. The molecule has 0 aliphatic carbocycles. The molecule has 2 aliphatic heterocycles. The molecule has 22 heavy (non-hydrogen) atoms. The molecule has 3 rings (SSSR count). The molecule has 0 radical (unpaired) electrons. The fourth-order valence-electron chi connectivity index (χ4n) is 2.77. The van der Waals surface area contributed by atoms with Gasteiger partial charge in [-0.05, 0) is 6.07 Å². The molecule has 1 aromatic heterocycles. The molecule has 114 valence electrons. The van der Waals surface area contributed by atoms with Crippen molar-refractivity contribution in [3.8, 4) is 12.3 Å². The maximum atomic E-state index is 12.6. The Balaban J connectivity index is 1.64. The van der Waals surface area contributed by atoms with Gasteiger partial charge in [-0.25, -0.2) is 0 Å². The highest BCUT2D eigenvalue weighted by molar-refractivity contribution is 5.97. The number of anilines is 2. The number of aromatic nitrogens is 1. The molecule has 0 saturated carbocycles. The van der Waals surface area contributed by atoms with E-state index < -0.39 is 5.66 Å². The number of nitrogens with zero attached hydrogens (tertiary/aromatic N) is 5. The zero-order valence-electron chi connectivity index (χ0n) is 12.7. The number of likely N-dealkylation sites (N-methyl/N-ethyl adjacent to an activating group) is 1. The minimum absolute atomic E-state index is 0.0970. The number of pyridine rings is 1. The van der Waals surface area contributed by atoms with Gasteiger partial charge in [-0.3, -0.25) is 9.78 Å². The lowest BCUT2D eigenvalue weighted by molar-refractivity contribution is -0.118. The summed E-state index contributed by atoms with van der Waals surface area (Å²) in [6.07, 6.45) is 11.2. The Morgan fingerprint density at radius 2 is 2.18 bits per heavy atom. The van der Waals surface area contributed by atoms with E-state index in [9.17, 15) is 4.79 Å². The van der Waals surface area contributed by atoms with E-state index in [2.05, 4.69) is 26.0 Å². The van der Waals surface area contributed by atoms with E-state index in [1.807, 2.05) is 18.0 Å². The van der Waals surface area contributed by atoms with E-state index in [0.29, 0.717) is 25.8 Å². The molecule has 0 fully saturated rings. The standard InChI is InChI=1S/C16H19N5O/c1-3-4-7-16(18-19-16)8-5-15(22)21-11-10-20(2)13-6-9-17-12-14(13)21/h1,6,9,12H,4-5,7-8,10-11H2,2H3. The van der Waals surface area contributed by atoms with Crippen LogP contribution in [-0.2, 0) is 4.79 Å². The van der Waals surface area contributed by atoms with Crippen LogP contribution in [-0.4, -0.2) is 36.7 Å². The number of hydrogen-bond acceptors (Lipinski definition) is 5. The van der Waals surface area contributed by atoms with Crippen LogP contribution in [0.25, 0.3) is 0 Å². The summed E-state index contributed by atoms with van der Waals surface area (Å²) in [5.74, 6) is 2.70. The van der Waals surface area contributed by atoms with Crippen molar-refractivity contribution >= 4 is 17.3 Å². The van der Waals surface area contributed by atoms with E-state index in [0.717, 1.165) is 24.3 Å². The maximum absolute atomic E-state index is 12.6. The van der Waals surface area contributed by atoms with Gasteiger partial charge in [0.05, 0.1) is 17.6 Å². The topological polar surface area (TPSA) is 61.2 Å². The summed E-state index contributed by atoms with van der Waals surface area (Å²) in [6, 6.07) is 1.94. The van der Waals surface area contributed by atoms with Crippen molar-refractivity contribution in [1.82, 2.24) is 4.98 Å². The number of carbonyl (C=O) groups excluding carboxylic acids is 1. The summed E-state index contributed by atoms with van der Waals surface area (Å²) in [5.41, 5.74) is 1.52. The van der Waals surface area contributed by atoms with Crippen LogP contribution in [0.2, 0.25) is 0 Å². The fourth-order valence-corrected chi connectivity index (χ4v) is 2.77. The first-order valence-electron chi connectivity index (χ1n) is 7.48. The second-order valence-electron chi connectivity index (χ2n) is 5.72. The monoisotopic (exact) mass is 297 g/mol. The Morgan fingerprint density at radius 3 is 2.91 bits per heavy atom. The Bertz CT molecular complexity index is 642. The largest absolute Gasteiger partial charge is 0.371 e. The molecule has 1 amide bonds. The predicted molar refractivity (Wildman–Crippen MR) is 84.7 cm³/mol. The minimum Gasteiger partial charge on any atom is -0.371 e. The lowest BCUT2D eigenvalue weighted by atomic mass is 10.0. The van der Waals surface area contributed by atoms with E-state index in [1.165, 1.54) is 0 Å². The number of carbonyl (C=O) groups is 1. The summed E-state index contributed by atoms with van der Waals surface area (Å²) in [4.78, 5) is 20.7. The van der Waals surface area contributed by atoms with Crippen LogP contribution in [0.3, 0.4) is 0 Å². The van der Waals surface area contributed by atoms with Gasteiger partial charge < -0.3 is 9.80 Å². The number of rotatable bonds is 5. The van der Waals surface area contributed by atoms with Crippen LogP contribution in [0, 0.1) is 12.3 Å². The quantitative estimate of drug-likeness (QED) is 0.783. The third-order valence-corrected chi connectivity index (χ3v) is 4.23. The summed E-state index contributed by atoms with van der Waals surface area (Å²) in [7, 11) is 2.03. The van der Waals surface area contributed by atoms with Crippen molar-refractivity contribution < 1.29 is 4.79 Å². The normalized spacial score (nSPS) is 17.8. The van der Waals surface area contributed by atoms with Gasteiger partial charge in [0.2, 0.25) is 5.91 Å². The van der Waals surface area contributed by atoms with Crippen molar-refractivity contribution in [2.75, 3.05) is 29.9 Å². The van der Waals surface area contributed by atoms with Gasteiger partial charge >= 0.3 is 0 Å². The summed E-state index contributed by atoms with van der Waals surface area (Å²) >= 11 is 0. The van der Waals surface area contributed by atoms with Crippen LogP contribution in [0.15, 0.2) is 28.7 Å². The van der Waals surface area contributed by atoms with Crippen LogP contribution in [0.1, 0.15) is 25.7 Å². The van der Waals surface area contributed by atoms with Crippen LogP contribution >= 0.6 is 0 Å². The third-order valence-electron chi connectivity index (χ3n) is 4.23. The molecular weight excluding hydrogens is 278 g/mol.